The summed E-state index contributed by atoms with van der Waals surface area (Å²) < 4.78 is 16.9. The highest BCUT2D eigenvalue weighted by Gasteiger charge is 2.06. The maximum Gasteiger partial charge on any atom is 0.271 e. The molecule has 3 aromatic rings. The summed E-state index contributed by atoms with van der Waals surface area (Å²) in [5.74, 6) is 1.70. The van der Waals surface area contributed by atoms with Crippen LogP contribution in [-0.2, 0) is 0 Å². The average molecular weight is 439 g/mol. The number of carbonyl (C=O) groups excluding carboxylic acids is 1. The van der Waals surface area contributed by atoms with Crippen molar-refractivity contribution in [3.63, 3.8) is 0 Å². The second kappa shape index (κ2) is 11.6. The van der Waals surface area contributed by atoms with Crippen LogP contribution in [0.3, 0.4) is 0 Å². The van der Waals surface area contributed by atoms with Gasteiger partial charge in [0.15, 0.2) is 11.5 Å². The molecule has 3 aromatic carbocycles. The summed E-state index contributed by atoms with van der Waals surface area (Å²) in [6, 6.07) is 21.6. The highest BCUT2D eigenvalue weighted by atomic mass is 35.5. The molecule has 3 rings (SSSR count). The van der Waals surface area contributed by atoms with Gasteiger partial charge in [0, 0.05) is 22.6 Å². The number of halogens is 1. The fourth-order valence-corrected chi connectivity index (χ4v) is 2.91. The first-order valence-electron chi connectivity index (χ1n) is 9.74. The van der Waals surface area contributed by atoms with Gasteiger partial charge in [-0.3, -0.25) is 4.79 Å². The van der Waals surface area contributed by atoms with E-state index in [1.807, 2.05) is 30.3 Å². The molecule has 0 radical (unpaired) electrons. The number of methoxy groups -OCH3 is 1. The smallest absolute Gasteiger partial charge is 0.271 e. The number of amides is 1. The lowest BCUT2D eigenvalue weighted by Gasteiger charge is -2.12. The Bertz CT molecular complexity index is 1030. The SMILES string of the molecule is COc1ccccc1OCCCOc1ccc(Cl)cc1/C=N/NC(=O)c1ccccc1. The van der Waals surface area contributed by atoms with Gasteiger partial charge in [-0.05, 0) is 42.5 Å². The van der Waals surface area contributed by atoms with E-state index in [-0.39, 0.29) is 5.91 Å². The van der Waals surface area contributed by atoms with E-state index in [9.17, 15) is 4.79 Å². The number of ether oxygens (including phenoxy) is 3. The minimum Gasteiger partial charge on any atom is -0.493 e. The summed E-state index contributed by atoms with van der Waals surface area (Å²) in [6.45, 7) is 0.915. The van der Waals surface area contributed by atoms with Crippen molar-refractivity contribution >= 4 is 23.7 Å². The lowest BCUT2D eigenvalue weighted by atomic mass is 10.2. The number of hydrogen-bond acceptors (Lipinski definition) is 5. The summed E-state index contributed by atoms with van der Waals surface area (Å²) in [7, 11) is 1.61. The summed E-state index contributed by atoms with van der Waals surface area (Å²) in [5.41, 5.74) is 3.68. The molecule has 1 amide bonds. The molecule has 0 aliphatic rings. The topological polar surface area (TPSA) is 69.2 Å². The molecule has 160 valence electrons. The highest BCUT2D eigenvalue weighted by Crippen LogP contribution is 2.26. The fraction of sp³-hybridized carbons (Fsp3) is 0.167. The van der Waals surface area contributed by atoms with E-state index in [0.717, 1.165) is 0 Å². The zero-order valence-corrected chi connectivity index (χ0v) is 17.8. The standard InChI is InChI=1S/C24H23ClN2O4/c1-29-22-10-5-6-11-23(22)31-15-7-14-30-21-13-12-20(25)16-19(21)17-26-27-24(28)18-8-3-2-4-9-18/h2-6,8-13,16-17H,7,14-15H2,1H3,(H,27,28)/b26-17+. The van der Waals surface area contributed by atoms with Gasteiger partial charge < -0.3 is 14.2 Å². The Morgan fingerprint density at radius 1 is 0.935 bits per heavy atom. The van der Waals surface area contributed by atoms with Gasteiger partial charge in [-0.25, -0.2) is 5.43 Å². The van der Waals surface area contributed by atoms with Crippen LogP contribution >= 0.6 is 11.6 Å². The summed E-state index contributed by atoms with van der Waals surface area (Å²) in [4.78, 5) is 12.1. The van der Waals surface area contributed by atoms with Crippen molar-refractivity contribution in [2.24, 2.45) is 5.10 Å². The minimum absolute atomic E-state index is 0.296. The van der Waals surface area contributed by atoms with Crippen molar-refractivity contribution in [1.82, 2.24) is 5.43 Å². The number of carbonyl (C=O) groups is 1. The van der Waals surface area contributed by atoms with E-state index < -0.39 is 0 Å². The van der Waals surface area contributed by atoms with Crippen LogP contribution in [0.25, 0.3) is 0 Å². The first kappa shape index (κ1) is 22.2. The molecule has 0 unspecified atom stereocenters. The molecule has 0 fully saturated rings. The molecule has 6 nitrogen and oxygen atoms in total. The lowest BCUT2D eigenvalue weighted by molar-refractivity contribution is 0.0955. The van der Waals surface area contributed by atoms with Crippen molar-refractivity contribution in [2.45, 2.75) is 6.42 Å². The Hall–Kier alpha value is -3.51. The Balaban J connectivity index is 1.52. The van der Waals surface area contributed by atoms with Gasteiger partial charge in [0.2, 0.25) is 0 Å². The minimum atomic E-state index is -0.296. The molecule has 0 atom stereocenters. The van der Waals surface area contributed by atoms with Crippen molar-refractivity contribution in [1.29, 1.82) is 0 Å². The Labute approximate surface area is 186 Å². The van der Waals surface area contributed by atoms with Crippen LogP contribution in [0.4, 0.5) is 0 Å². The predicted molar refractivity (Wildman–Crippen MR) is 122 cm³/mol. The number of hydrazone groups is 1. The number of nitrogens with zero attached hydrogens (tertiary/aromatic N) is 1. The molecule has 7 heteroatoms. The summed E-state index contributed by atoms with van der Waals surface area (Å²) in [6.07, 6.45) is 2.18. The third-order valence-electron chi connectivity index (χ3n) is 4.25. The van der Waals surface area contributed by atoms with E-state index in [4.69, 9.17) is 25.8 Å². The van der Waals surface area contributed by atoms with Crippen LogP contribution in [0.15, 0.2) is 77.9 Å². The van der Waals surface area contributed by atoms with Gasteiger partial charge >= 0.3 is 0 Å². The predicted octanol–water partition coefficient (Wildman–Crippen LogP) is 4.96. The van der Waals surface area contributed by atoms with Crippen molar-refractivity contribution in [3.8, 4) is 17.2 Å². The maximum atomic E-state index is 12.1. The van der Waals surface area contributed by atoms with Gasteiger partial charge in [0.05, 0.1) is 26.5 Å². The lowest BCUT2D eigenvalue weighted by Crippen LogP contribution is -2.17. The largest absolute Gasteiger partial charge is 0.493 e. The molecule has 0 aliphatic heterocycles. The van der Waals surface area contributed by atoms with E-state index in [1.54, 1.807) is 49.6 Å². The fourth-order valence-electron chi connectivity index (χ4n) is 2.73. The third-order valence-corrected chi connectivity index (χ3v) is 4.49. The van der Waals surface area contributed by atoms with Crippen LogP contribution in [0.1, 0.15) is 22.3 Å². The van der Waals surface area contributed by atoms with Crippen LogP contribution in [0.2, 0.25) is 5.02 Å². The molecule has 0 bridgehead atoms. The van der Waals surface area contributed by atoms with E-state index in [1.165, 1.54) is 6.21 Å². The zero-order chi connectivity index (χ0) is 21.9. The monoisotopic (exact) mass is 438 g/mol. The quantitative estimate of drug-likeness (QED) is 0.276. The van der Waals surface area contributed by atoms with Crippen LogP contribution < -0.4 is 19.6 Å². The van der Waals surface area contributed by atoms with Gasteiger partial charge in [-0.1, -0.05) is 41.9 Å². The molecular formula is C24H23ClN2O4. The van der Waals surface area contributed by atoms with E-state index >= 15 is 0 Å². The second-order valence-corrected chi connectivity index (χ2v) is 6.89. The summed E-state index contributed by atoms with van der Waals surface area (Å²) >= 11 is 6.10. The molecule has 0 saturated carbocycles. The van der Waals surface area contributed by atoms with Crippen LogP contribution in [0.5, 0.6) is 17.2 Å². The molecule has 0 heterocycles. The first-order chi connectivity index (χ1) is 15.2. The van der Waals surface area contributed by atoms with E-state index in [0.29, 0.717) is 53.0 Å². The van der Waals surface area contributed by atoms with Crippen molar-refractivity contribution in [3.05, 3.63) is 88.9 Å². The van der Waals surface area contributed by atoms with Crippen molar-refractivity contribution < 1.29 is 19.0 Å². The number of para-hydroxylation sites is 2. The van der Waals surface area contributed by atoms with Gasteiger partial charge in [0.1, 0.15) is 5.75 Å². The first-order valence-corrected chi connectivity index (χ1v) is 10.1. The Morgan fingerprint density at radius 2 is 1.61 bits per heavy atom. The second-order valence-electron chi connectivity index (χ2n) is 6.45. The third kappa shape index (κ3) is 6.76. The van der Waals surface area contributed by atoms with Crippen LogP contribution in [-0.4, -0.2) is 32.4 Å². The van der Waals surface area contributed by atoms with Gasteiger partial charge in [-0.15, -0.1) is 0 Å². The molecule has 0 spiro atoms. The number of nitrogens with one attached hydrogen (secondary N) is 1. The zero-order valence-electron chi connectivity index (χ0n) is 17.1. The Kier molecular flexibility index (Phi) is 8.31. The van der Waals surface area contributed by atoms with E-state index in [2.05, 4.69) is 10.5 Å². The molecule has 31 heavy (non-hydrogen) atoms. The molecule has 0 aromatic heterocycles. The highest BCUT2D eigenvalue weighted by molar-refractivity contribution is 6.30. The van der Waals surface area contributed by atoms with Gasteiger partial charge in [0.25, 0.3) is 5.91 Å². The average Bonchev–Trinajstić information content (AvgIpc) is 2.80. The molecular weight excluding hydrogens is 416 g/mol. The molecule has 0 aliphatic carbocycles. The molecule has 0 saturated heterocycles. The van der Waals surface area contributed by atoms with Crippen molar-refractivity contribution in [2.75, 3.05) is 20.3 Å². The number of rotatable bonds is 10. The normalized spacial score (nSPS) is 10.6. The van der Waals surface area contributed by atoms with Crippen LogP contribution in [0, 0.1) is 0 Å². The molecule has 1 N–H and O–H groups in total. The Morgan fingerprint density at radius 3 is 2.35 bits per heavy atom. The number of benzene rings is 3. The maximum absolute atomic E-state index is 12.1. The summed E-state index contributed by atoms with van der Waals surface area (Å²) in [5, 5.41) is 4.57. The van der Waals surface area contributed by atoms with Gasteiger partial charge in [-0.2, -0.15) is 5.10 Å². The number of hydrogen-bond donors (Lipinski definition) is 1.